The van der Waals surface area contributed by atoms with Gasteiger partial charge in [0.25, 0.3) is 5.91 Å². The quantitative estimate of drug-likeness (QED) is 0.842. The molecule has 5 heteroatoms. The zero-order valence-electron chi connectivity index (χ0n) is 11.6. The molecule has 106 valence electrons. The molecule has 1 aliphatic rings. The molecule has 1 N–H and O–H groups in total. The number of benzene rings is 1. The minimum Gasteiger partial charge on any atom is -0.336 e. The number of amides is 2. The van der Waals surface area contributed by atoms with E-state index >= 15 is 0 Å². The summed E-state index contributed by atoms with van der Waals surface area (Å²) < 4.78 is 0. The van der Waals surface area contributed by atoms with Crippen LogP contribution in [0.4, 0.5) is 5.69 Å². The second-order valence-electron chi connectivity index (χ2n) is 4.87. The summed E-state index contributed by atoms with van der Waals surface area (Å²) in [5.41, 5.74) is 1.20. The van der Waals surface area contributed by atoms with Crippen LogP contribution in [0.5, 0.6) is 0 Å². The van der Waals surface area contributed by atoms with E-state index in [-0.39, 0.29) is 11.8 Å². The third-order valence-corrected chi connectivity index (χ3v) is 3.35. The monoisotopic (exact) mass is 273 g/mol. The average Bonchev–Trinajstić information content (AvgIpc) is 2.47. The fourth-order valence-electron chi connectivity index (χ4n) is 2.12. The molecule has 1 aromatic carbocycles. The van der Waals surface area contributed by atoms with E-state index in [1.807, 2.05) is 11.9 Å². The Labute approximate surface area is 118 Å². The van der Waals surface area contributed by atoms with Crippen molar-refractivity contribution in [3.05, 3.63) is 42.5 Å². The molecule has 1 aliphatic heterocycles. The Morgan fingerprint density at radius 1 is 1.25 bits per heavy atom. The van der Waals surface area contributed by atoms with Crippen molar-refractivity contribution in [2.24, 2.45) is 0 Å². The zero-order chi connectivity index (χ0) is 14.5. The van der Waals surface area contributed by atoms with Crippen molar-refractivity contribution in [1.29, 1.82) is 0 Å². The summed E-state index contributed by atoms with van der Waals surface area (Å²) in [6.07, 6.45) is 1.20. The van der Waals surface area contributed by atoms with E-state index in [9.17, 15) is 9.59 Å². The number of hydrogen-bond donors (Lipinski definition) is 1. The maximum atomic E-state index is 12.4. The predicted octanol–water partition coefficient (Wildman–Crippen LogP) is 1.20. The second kappa shape index (κ2) is 6.34. The van der Waals surface area contributed by atoms with Gasteiger partial charge in [0.05, 0.1) is 0 Å². The van der Waals surface area contributed by atoms with E-state index in [4.69, 9.17) is 0 Å². The van der Waals surface area contributed by atoms with Crippen LogP contribution in [0.25, 0.3) is 0 Å². The van der Waals surface area contributed by atoms with Gasteiger partial charge in [0.1, 0.15) is 0 Å². The molecule has 1 heterocycles. The smallest absolute Gasteiger partial charge is 0.254 e. The van der Waals surface area contributed by atoms with Gasteiger partial charge in [0.2, 0.25) is 5.91 Å². The number of likely N-dealkylation sites (N-methyl/N-ethyl adjacent to an activating group) is 1. The Balaban J connectivity index is 2.08. The average molecular weight is 273 g/mol. The van der Waals surface area contributed by atoms with Crippen LogP contribution in [-0.4, -0.2) is 54.8 Å². The Kier molecular flexibility index (Phi) is 4.53. The van der Waals surface area contributed by atoms with E-state index < -0.39 is 0 Å². The van der Waals surface area contributed by atoms with Gasteiger partial charge in [-0.1, -0.05) is 12.6 Å². The van der Waals surface area contributed by atoms with Crippen LogP contribution in [0.1, 0.15) is 10.4 Å². The van der Waals surface area contributed by atoms with Crippen LogP contribution < -0.4 is 5.32 Å². The fraction of sp³-hybridized carbons (Fsp3) is 0.333. The van der Waals surface area contributed by atoms with E-state index in [1.165, 1.54) is 6.08 Å². The second-order valence-corrected chi connectivity index (χ2v) is 4.87. The minimum atomic E-state index is -0.283. The number of carbonyl (C=O) groups excluding carboxylic acids is 2. The highest BCUT2D eigenvalue weighted by atomic mass is 16.2. The van der Waals surface area contributed by atoms with E-state index in [0.717, 1.165) is 26.2 Å². The highest BCUT2D eigenvalue weighted by molar-refractivity contribution is 6.00. The third kappa shape index (κ3) is 3.45. The molecule has 1 fully saturated rings. The first-order valence-electron chi connectivity index (χ1n) is 6.61. The molecule has 1 aromatic rings. The van der Waals surface area contributed by atoms with Gasteiger partial charge in [-0.3, -0.25) is 9.59 Å². The molecule has 0 aromatic heterocycles. The van der Waals surface area contributed by atoms with Crippen molar-refractivity contribution in [1.82, 2.24) is 9.80 Å². The largest absolute Gasteiger partial charge is 0.336 e. The Morgan fingerprint density at radius 2 is 1.95 bits per heavy atom. The van der Waals surface area contributed by atoms with Crippen molar-refractivity contribution < 1.29 is 9.59 Å². The van der Waals surface area contributed by atoms with Gasteiger partial charge < -0.3 is 15.1 Å². The lowest BCUT2D eigenvalue weighted by Gasteiger charge is -2.32. The standard InChI is InChI=1S/C15H19N3O2/c1-3-14(19)16-13-6-4-5-12(11-13)15(20)18-9-7-17(2)8-10-18/h3-6,11H,1,7-10H2,2H3,(H,16,19). The number of anilines is 1. The van der Waals surface area contributed by atoms with Crippen LogP contribution in [0.3, 0.4) is 0 Å². The Hall–Kier alpha value is -2.14. The lowest BCUT2D eigenvalue weighted by molar-refractivity contribution is -0.111. The van der Waals surface area contributed by atoms with Gasteiger partial charge in [-0.15, -0.1) is 0 Å². The summed E-state index contributed by atoms with van der Waals surface area (Å²) in [4.78, 5) is 27.7. The lowest BCUT2D eigenvalue weighted by atomic mass is 10.1. The highest BCUT2D eigenvalue weighted by Crippen LogP contribution is 2.14. The van der Waals surface area contributed by atoms with Crippen LogP contribution in [0.2, 0.25) is 0 Å². The summed E-state index contributed by atoms with van der Waals surface area (Å²) in [6.45, 7) is 6.65. The number of nitrogens with zero attached hydrogens (tertiary/aromatic N) is 2. The summed E-state index contributed by atoms with van der Waals surface area (Å²) in [5, 5.41) is 2.66. The maximum Gasteiger partial charge on any atom is 0.254 e. The van der Waals surface area contributed by atoms with Gasteiger partial charge in [0.15, 0.2) is 0 Å². The minimum absolute atomic E-state index is 0.00722. The number of nitrogens with one attached hydrogen (secondary N) is 1. The predicted molar refractivity (Wildman–Crippen MR) is 78.7 cm³/mol. The van der Waals surface area contributed by atoms with Crippen molar-refractivity contribution in [2.45, 2.75) is 0 Å². The van der Waals surface area contributed by atoms with Crippen LogP contribution in [-0.2, 0) is 4.79 Å². The SMILES string of the molecule is C=CC(=O)Nc1cccc(C(=O)N2CCN(C)CC2)c1. The van der Waals surface area contributed by atoms with Gasteiger partial charge >= 0.3 is 0 Å². The first kappa shape index (κ1) is 14.3. The first-order valence-corrected chi connectivity index (χ1v) is 6.61. The normalized spacial score (nSPS) is 15.8. The number of hydrogen-bond acceptors (Lipinski definition) is 3. The van der Waals surface area contributed by atoms with Crippen molar-refractivity contribution >= 4 is 17.5 Å². The van der Waals surface area contributed by atoms with Gasteiger partial charge in [-0.2, -0.15) is 0 Å². The molecule has 2 amide bonds. The molecule has 0 aliphatic carbocycles. The molecule has 5 nitrogen and oxygen atoms in total. The van der Waals surface area contributed by atoms with E-state index in [2.05, 4.69) is 16.8 Å². The first-order chi connectivity index (χ1) is 9.60. The molecule has 1 saturated heterocycles. The molecular weight excluding hydrogens is 254 g/mol. The molecule has 0 radical (unpaired) electrons. The Bertz CT molecular complexity index is 520. The van der Waals surface area contributed by atoms with Gasteiger partial charge in [-0.25, -0.2) is 0 Å². The molecule has 0 unspecified atom stereocenters. The molecule has 0 atom stereocenters. The van der Waals surface area contributed by atoms with E-state index in [1.54, 1.807) is 24.3 Å². The zero-order valence-corrected chi connectivity index (χ0v) is 11.6. The van der Waals surface area contributed by atoms with E-state index in [0.29, 0.717) is 11.3 Å². The third-order valence-electron chi connectivity index (χ3n) is 3.35. The summed E-state index contributed by atoms with van der Waals surface area (Å²) in [5.74, 6) is -0.276. The lowest BCUT2D eigenvalue weighted by Crippen LogP contribution is -2.47. The number of carbonyl (C=O) groups is 2. The number of piperazine rings is 1. The molecule has 0 bridgehead atoms. The molecule has 20 heavy (non-hydrogen) atoms. The summed E-state index contributed by atoms with van der Waals surface area (Å²) in [7, 11) is 2.05. The fourth-order valence-corrected chi connectivity index (χ4v) is 2.12. The van der Waals surface area contributed by atoms with Crippen LogP contribution >= 0.6 is 0 Å². The van der Waals surface area contributed by atoms with Gasteiger partial charge in [0, 0.05) is 37.4 Å². The maximum absolute atomic E-state index is 12.4. The van der Waals surface area contributed by atoms with Crippen molar-refractivity contribution in [3.8, 4) is 0 Å². The van der Waals surface area contributed by atoms with Crippen LogP contribution in [0, 0.1) is 0 Å². The number of rotatable bonds is 3. The van der Waals surface area contributed by atoms with Crippen molar-refractivity contribution in [2.75, 3.05) is 38.5 Å². The molecule has 2 rings (SSSR count). The Morgan fingerprint density at radius 3 is 2.60 bits per heavy atom. The van der Waals surface area contributed by atoms with Gasteiger partial charge in [-0.05, 0) is 31.3 Å². The van der Waals surface area contributed by atoms with Crippen molar-refractivity contribution in [3.63, 3.8) is 0 Å². The highest BCUT2D eigenvalue weighted by Gasteiger charge is 2.20. The topological polar surface area (TPSA) is 52.7 Å². The molecule has 0 saturated carbocycles. The molecule has 0 spiro atoms. The summed E-state index contributed by atoms with van der Waals surface area (Å²) in [6, 6.07) is 6.98. The summed E-state index contributed by atoms with van der Waals surface area (Å²) >= 11 is 0. The van der Waals surface area contributed by atoms with Crippen LogP contribution in [0.15, 0.2) is 36.9 Å². The molecular formula is C15H19N3O2.